The molecule has 2 rings (SSSR count). The molecule has 0 heterocycles. The second-order valence-electron chi connectivity index (χ2n) is 5.17. The van der Waals surface area contributed by atoms with Crippen LogP contribution in [0.4, 0.5) is 0 Å². The first-order valence-corrected chi connectivity index (χ1v) is 7.45. The van der Waals surface area contributed by atoms with Crippen LogP contribution in [-0.4, -0.2) is 37.0 Å². The van der Waals surface area contributed by atoms with Crippen LogP contribution in [0.3, 0.4) is 0 Å². The molecule has 6 nitrogen and oxygen atoms in total. The highest BCUT2D eigenvalue weighted by Crippen LogP contribution is 2.14. The molecule has 0 fully saturated rings. The molecule has 0 saturated heterocycles. The second kappa shape index (κ2) is 8.57. The van der Waals surface area contributed by atoms with Crippen LogP contribution in [0.2, 0.25) is 0 Å². The molecule has 0 saturated carbocycles. The fraction of sp³-hybridized carbons (Fsp3) is 0.222. The Bertz CT molecular complexity index is 671. The number of nitrogens with zero attached hydrogens (tertiary/aromatic N) is 1. The number of methoxy groups -OCH3 is 1. The van der Waals surface area contributed by atoms with Crippen LogP contribution in [0.25, 0.3) is 0 Å². The van der Waals surface area contributed by atoms with Gasteiger partial charge in [-0.25, -0.2) is 0 Å². The van der Waals surface area contributed by atoms with Crippen LogP contribution in [-0.2, 0) is 16.1 Å². The monoisotopic (exact) mass is 328 g/mol. The van der Waals surface area contributed by atoms with E-state index in [2.05, 4.69) is 0 Å². The number of benzene rings is 2. The van der Waals surface area contributed by atoms with E-state index in [1.807, 2.05) is 30.3 Å². The molecule has 2 amide bonds. The Kier molecular flexibility index (Phi) is 6.19. The summed E-state index contributed by atoms with van der Waals surface area (Å²) in [5, 5.41) is 0. The molecule has 0 bridgehead atoms. The topological polar surface area (TPSA) is 81.9 Å². The molecule has 2 aromatic carbocycles. The van der Waals surface area contributed by atoms with E-state index >= 15 is 0 Å². The summed E-state index contributed by atoms with van der Waals surface area (Å²) < 4.78 is 10.5. The second-order valence-corrected chi connectivity index (χ2v) is 5.17. The van der Waals surface area contributed by atoms with E-state index in [9.17, 15) is 9.59 Å². The smallest absolute Gasteiger partial charge is 0.261 e. The third-order valence-electron chi connectivity index (χ3n) is 3.34. The van der Waals surface area contributed by atoms with Crippen molar-refractivity contribution in [2.75, 3.05) is 20.3 Å². The van der Waals surface area contributed by atoms with Gasteiger partial charge < -0.3 is 20.1 Å². The number of carbonyl (C=O) groups excluding carboxylic acids is 2. The zero-order valence-corrected chi connectivity index (χ0v) is 13.5. The van der Waals surface area contributed by atoms with Crippen LogP contribution in [0.5, 0.6) is 11.5 Å². The minimum atomic E-state index is -0.573. The summed E-state index contributed by atoms with van der Waals surface area (Å²) in [7, 11) is 1.58. The quantitative estimate of drug-likeness (QED) is 0.798. The Morgan fingerprint density at radius 2 is 1.67 bits per heavy atom. The van der Waals surface area contributed by atoms with E-state index in [4.69, 9.17) is 15.2 Å². The zero-order valence-electron chi connectivity index (χ0n) is 13.5. The molecule has 0 aromatic heterocycles. The van der Waals surface area contributed by atoms with Crippen molar-refractivity contribution in [3.8, 4) is 11.5 Å². The van der Waals surface area contributed by atoms with Crippen molar-refractivity contribution in [2.24, 2.45) is 5.73 Å². The summed E-state index contributed by atoms with van der Waals surface area (Å²) in [6, 6.07) is 16.3. The van der Waals surface area contributed by atoms with E-state index in [-0.39, 0.29) is 25.6 Å². The molecule has 6 heteroatoms. The maximum Gasteiger partial charge on any atom is 0.261 e. The maximum absolute atomic E-state index is 12.3. The first-order chi connectivity index (χ1) is 11.6. The third kappa shape index (κ3) is 5.31. The van der Waals surface area contributed by atoms with Crippen molar-refractivity contribution in [3.63, 3.8) is 0 Å². The van der Waals surface area contributed by atoms with E-state index in [0.717, 1.165) is 11.3 Å². The van der Waals surface area contributed by atoms with E-state index in [1.165, 1.54) is 4.90 Å². The lowest BCUT2D eigenvalue weighted by molar-refractivity contribution is -0.137. The number of primary amides is 1. The molecule has 126 valence electrons. The van der Waals surface area contributed by atoms with Gasteiger partial charge in [-0.15, -0.1) is 0 Å². The largest absolute Gasteiger partial charge is 0.497 e. The summed E-state index contributed by atoms with van der Waals surface area (Å²) in [6.07, 6.45) is 0. The average Bonchev–Trinajstić information content (AvgIpc) is 2.60. The first-order valence-electron chi connectivity index (χ1n) is 7.45. The molecule has 2 aromatic rings. The van der Waals surface area contributed by atoms with Crippen LogP contribution in [0.1, 0.15) is 5.56 Å². The Morgan fingerprint density at radius 1 is 1.00 bits per heavy atom. The summed E-state index contributed by atoms with van der Waals surface area (Å²) in [6.45, 7) is -0.0552. The van der Waals surface area contributed by atoms with Crippen molar-refractivity contribution >= 4 is 11.8 Å². The lowest BCUT2D eigenvalue weighted by Gasteiger charge is -2.21. The zero-order chi connectivity index (χ0) is 17.4. The third-order valence-corrected chi connectivity index (χ3v) is 3.34. The number of nitrogens with two attached hydrogens (primary N) is 1. The molecule has 24 heavy (non-hydrogen) atoms. The molecule has 0 spiro atoms. The Morgan fingerprint density at radius 3 is 2.25 bits per heavy atom. The summed E-state index contributed by atoms with van der Waals surface area (Å²) >= 11 is 0. The predicted octanol–water partition coefficient (Wildman–Crippen LogP) is 1.59. The van der Waals surface area contributed by atoms with Crippen LogP contribution >= 0.6 is 0 Å². The fourth-order valence-electron chi connectivity index (χ4n) is 2.12. The summed E-state index contributed by atoms with van der Waals surface area (Å²) in [4.78, 5) is 25.0. The van der Waals surface area contributed by atoms with Crippen LogP contribution in [0, 0.1) is 0 Å². The fourth-order valence-corrected chi connectivity index (χ4v) is 2.12. The van der Waals surface area contributed by atoms with Gasteiger partial charge >= 0.3 is 0 Å². The number of rotatable bonds is 8. The van der Waals surface area contributed by atoms with Gasteiger partial charge in [-0.3, -0.25) is 9.59 Å². The van der Waals surface area contributed by atoms with Crippen molar-refractivity contribution in [3.05, 3.63) is 60.2 Å². The average molecular weight is 328 g/mol. The molecule has 0 unspecified atom stereocenters. The molecule has 0 aliphatic rings. The van der Waals surface area contributed by atoms with E-state index in [1.54, 1.807) is 31.4 Å². The maximum atomic E-state index is 12.3. The van der Waals surface area contributed by atoms with Gasteiger partial charge in [0.25, 0.3) is 5.91 Å². The van der Waals surface area contributed by atoms with Crippen molar-refractivity contribution < 1.29 is 19.1 Å². The number of carbonyl (C=O) groups is 2. The van der Waals surface area contributed by atoms with Crippen molar-refractivity contribution in [2.45, 2.75) is 6.54 Å². The van der Waals surface area contributed by atoms with E-state index in [0.29, 0.717) is 5.75 Å². The van der Waals surface area contributed by atoms with Gasteiger partial charge in [-0.2, -0.15) is 0 Å². The normalized spacial score (nSPS) is 10.0. The highest BCUT2D eigenvalue weighted by Gasteiger charge is 2.17. The van der Waals surface area contributed by atoms with Gasteiger partial charge in [-0.05, 0) is 29.8 Å². The van der Waals surface area contributed by atoms with Gasteiger partial charge in [0.05, 0.1) is 13.7 Å². The number of para-hydroxylation sites is 1. The van der Waals surface area contributed by atoms with Crippen LogP contribution < -0.4 is 15.2 Å². The van der Waals surface area contributed by atoms with Gasteiger partial charge in [0.2, 0.25) is 5.91 Å². The minimum absolute atomic E-state index is 0.159. The highest BCUT2D eigenvalue weighted by molar-refractivity contribution is 5.84. The molecule has 0 radical (unpaired) electrons. The first kappa shape index (κ1) is 17.3. The number of hydrogen-bond acceptors (Lipinski definition) is 4. The molecular formula is C18H20N2O4. The summed E-state index contributed by atoms with van der Waals surface area (Å²) in [5.74, 6) is 0.429. The Balaban J connectivity index is 2.00. The van der Waals surface area contributed by atoms with Crippen molar-refractivity contribution in [1.29, 1.82) is 0 Å². The highest BCUT2D eigenvalue weighted by atomic mass is 16.5. The molecule has 0 aliphatic heterocycles. The number of amides is 2. The van der Waals surface area contributed by atoms with Gasteiger partial charge in [0.1, 0.15) is 11.5 Å². The Hall–Kier alpha value is -3.02. The van der Waals surface area contributed by atoms with Gasteiger partial charge in [-0.1, -0.05) is 30.3 Å². The lowest BCUT2D eigenvalue weighted by Crippen LogP contribution is -2.40. The predicted molar refractivity (Wildman–Crippen MR) is 89.5 cm³/mol. The van der Waals surface area contributed by atoms with Crippen molar-refractivity contribution in [1.82, 2.24) is 4.90 Å². The molecule has 0 atom stereocenters. The van der Waals surface area contributed by atoms with Crippen LogP contribution in [0.15, 0.2) is 54.6 Å². The lowest BCUT2D eigenvalue weighted by atomic mass is 10.2. The Labute approximate surface area is 140 Å². The van der Waals surface area contributed by atoms with Gasteiger partial charge in [0.15, 0.2) is 6.61 Å². The van der Waals surface area contributed by atoms with Gasteiger partial charge in [0, 0.05) is 6.54 Å². The molecular weight excluding hydrogens is 308 g/mol. The standard InChI is InChI=1S/C18H20N2O4/c1-23-15-9-7-14(8-10-15)11-20(12-17(19)21)18(22)13-24-16-5-3-2-4-6-16/h2-10H,11-13H2,1H3,(H2,19,21). The molecule has 2 N–H and O–H groups in total. The minimum Gasteiger partial charge on any atom is -0.497 e. The number of hydrogen-bond donors (Lipinski definition) is 1. The molecule has 0 aliphatic carbocycles. The summed E-state index contributed by atoms with van der Waals surface area (Å²) in [5.41, 5.74) is 6.11. The van der Waals surface area contributed by atoms with E-state index < -0.39 is 5.91 Å². The number of ether oxygens (including phenoxy) is 2. The SMILES string of the molecule is COc1ccc(CN(CC(N)=O)C(=O)COc2ccccc2)cc1.